The molecule has 0 bridgehead atoms. The molecule has 1 amide bonds. The first-order valence-corrected chi connectivity index (χ1v) is 8.42. The lowest BCUT2D eigenvalue weighted by molar-refractivity contribution is -0.134. The molecule has 0 aliphatic carbocycles. The smallest absolute Gasteiger partial charge is 0.246 e. The molecule has 1 saturated heterocycles. The quantitative estimate of drug-likeness (QED) is 0.756. The lowest BCUT2D eigenvalue weighted by Gasteiger charge is -2.37. The molecule has 27 heavy (non-hydrogen) atoms. The summed E-state index contributed by atoms with van der Waals surface area (Å²) in [5, 5.41) is 3.29. The third-order valence-corrected chi connectivity index (χ3v) is 4.70. The molecule has 0 spiro atoms. The Bertz CT molecular complexity index is 765. The Hall–Kier alpha value is -2.10. The first-order chi connectivity index (χ1) is 12.3. The fraction of sp³-hybridized carbons (Fsp3) is 0.500. The number of fused-ring (bicyclic) bond motifs is 1. The molecule has 9 nitrogen and oxygen atoms in total. The number of ether oxygens (including phenoxy) is 1. The van der Waals surface area contributed by atoms with Gasteiger partial charge in [0.15, 0.2) is 0 Å². The lowest BCUT2D eigenvalue weighted by Crippen LogP contribution is -2.52. The van der Waals surface area contributed by atoms with Gasteiger partial charge >= 0.3 is 0 Å². The standard InChI is InChI=1S/C16H21N7O2.2ClH/c1-25-12-3-5-18-16(21-12)23-8-6-22(7-9-23)15(24)14-13-11(2-4-17-14)19-10-20-13;;/h3,5,10,14,17H,2,4,6-9H2,1H3,(H,19,20);2*1H. The van der Waals surface area contributed by atoms with Crippen LogP contribution in [0.15, 0.2) is 18.6 Å². The Labute approximate surface area is 169 Å². The summed E-state index contributed by atoms with van der Waals surface area (Å²) in [6.45, 7) is 3.44. The monoisotopic (exact) mass is 415 g/mol. The van der Waals surface area contributed by atoms with Crippen LogP contribution in [0, 0.1) is 0 Å². The van der Waals surface area contributed by atoms with Gasteiger partial charge in [0.2, 0.25) is 17.7 Å². The number of aromatic nitrogens is 4. The molecular weight excluding hydrogens is 393 g/mol. The number of hydrogen-bond acceptors (Lipinski definition) is 7. The maximum absolute atomic E-state index is 12.9. The number of hydrogen-bond donors (Lipinski definition) is 2. The van der Waals surface area contributed by atoms with Crippen molar-refractivity contribution in [1.82, 2.24) is 30.2 Å². The number of halogens is 2. The summed E-state index contributed by atoms with van der Waals surface area (Å²) < 4.78 is 5.15. The molecule has 1 fully saturated rings. The van der Waals surface area contributed by atoms with Gasteiger partial charge in [0.1, 0.15) is 6.04 Å². The van der Waals surface area contributed by atoms with E-state index in [-0.39, 0.29) is 36.8 Å². The van der Waals surface area contributed by atoms with Crippen LogP contribution in [0.2, 0.25) is 0 Å². The minimum Gasteiger partial charge on any atom is -0.481 e. The molecule has 2 N–H and O–H groups in total. The maximum Gasteiger partial charge on any atom is 0.246 e. The normalized spacial score (nSPS) is 18.8. The van der Waals surface area contributed by atoms with E-state index in [1.54, 1.807) is 25.7 Å². The molecule has 1 unspecified atom stereocenters. The first kappa shape index (κ1) is 21.2. The maximum atomic E-state index is 12.9. The van der Waals surface area contributed by atoms with Crippen LogP contribution in [0.25, 0.3) is 0 Å². The second-order valence-electron chi connectivity index (χ2n) is 6.11. The van der Waals surface area contributed by atoms with Crippen LogP contribution < -0.4 is 15.0 Å². The molecule has 2 aliphatic rings. The van der Waals surface area contributed by atoms with E-state index < -0.39 is 0 Å². The van der Waals surface area contributed by atoms with Crippen LogP contribution in [-0.2, 0) is 11.2 Å². The van der Waals surface area contributed by atoms with Crippen molar-refractivity contribution < 1.29 is 9.53 Å². The van der Waals surface area contributed by atoms with E-state index in [0.29, 0.717) is 38.0 Å². The summed E-state index contributed by atoms with van der Waals surface area (Å²) in [5.74, 6) is 1.26. The third kappa shape index (κ3) is 4.26. The number of aromatic amines is 1. The van der Waals surface area contributed by atoms with Gasteiger partial charge in [0, 0.05) is 57.1 Å². The number of anilines is 1. The minimum atomic E-state index is -0.352. The first-order valence-electron chi connectivity index (χ1n) is 8.42. The summed E-state index contributed by atoms with van der Waals surface area (Å²) >= 11 is 0. The predicted molar refractivity (Wildman–Crippen MR) is 105 cm³/mol. The fourth-order valence-corrected chi connectivity index (χ4v) is 3.33. The third-order valence-electron chi connectivity index (χ3n) is 4.70. The SMILES string of the molecule is COc1ccnc(N2CCN(C(=O)C3NCCc4[nH]cnc43)CC2)n1.Cl.Cl. The Balaban J connectivity index is 0.00000131. The summed E-state index contributed by atoms with van der Waals surface area (Å²) in [6.07, 6.45) is 4.22. The van der Waals surface area contributed by atoms with E-state index in [2.05, 4.69) is 30.2 Å². The largest absolute Gasteiger partial charge is 0.481 e. The zero-order chi connectivity index (χ0) is 17.2. The van der Waals surface area contributed by atoms with Crippen LogP contribution in [0.3, 0.4) is 0 Å². The van der Waals surface area contributed by atoms with Gasteiger partial charge in [-0.05, 0) is 0 Å². The summed E-state index contributed by atoms with van der Waals surface area (Å²) in [5.41, 5.74) is 1.88. The van der Waals surface area contributed by atoms with Gasteiger partial charge in [0.25, 0.3) is 0 Å². The minimum absolute atomic E-state index is 0. The van der Waals surface area contributed by atoms with Crippen molar-refractivity contribution in [1.29, 1.82) is 0 Å². The average Bonchev–Trinajstić information content (AvgIpc) is 3.16. The molecule has 4 heterocycles. The second kappa shape index (κ2) is 9.20. The Morgan fingerprint density at radius 2 is 2.00 bits per heavy atom. The van der Waals surface area contributed by atoms with E-state index in [9.17, 15) is 4.79 Å². The number of H-pyrrole nitrogens is 1. The molecule has 11 heteroatoms. The van der Waals surface area contributed by atoms with E-state index in [1.165, 1.54) is 0 Å². The number of methoxy groups -OCH3 is 1. The van der Waals surface area contributed by atoms with Gasteiger partial charge in [-0.25, -0.2) is 9.97 Å². The highest BCUT2D eigenvalue weighted by Crippen LogP contribution is 2.22. The molecule has 2 aromatic rings. The van der Waals surface area contributed by atoms with Gasteiger partial charge in [-0.1, -0.05) is 0 Å². The summed E-state index contributed by atoms with van der Waals surface area (Å²) in [4.78, 5) is 33.0. The van der Waals surface area contributed by atoms with E-state index in [0.717, 1.165) is 24.4 Å². The predicted octanol–water partition coefficient (Wildman–Crippen LogP) is 0.587. The molecule has 2 aliphatic heterocycles. The van der Waals surface area contributed by atoms with Crippen molar-refractivity contribution in [3.8, 4) is 5.88 Å². The lowest BCUT2D eigenvalue weighted by atomic mass is 10.0. The van der Waals surface area contributed by atoms with Crippen molar-refractivity contribution >= 4 is 36.7 Å². The molecular formula is C16H23Cl2N7O2. The number of nitrogens with zero attached hydrogens (tertiary/aromatic N) is 5. The second-order valence-corrected chi connectivity index (χ2v) is 6.11. The highest BCUT2D eigenvalue weighted by atomic mass is 35.5. The molecule has 148 valence electrons. The van der Waals surface area contributed by atoms with Crippen LogP contribution in [0.1, 0.15) is 17.4 Å². The van der Waals surface area contributed by atoms with Gasteiger partial charge in [-0.3, -0.25) is 4.79 Å². The number of nitrogens with one attached hydrogen (secondary N) is 2. The van der Waals surface area contributed by atoms with E-state index in [1.807, 2.05) is 4.90 Å². The zero-order valence-corrected chi connectivity index (χ0v) is 16.6. The Kier molecular flexibility index (Phi) is 7.23. The highest BCUT2D eigenvalue weighted by molar-refractivity contribution is 5.85. The average molecular weight is 416 g/mol. The number of piperazine rings is 1. The molecule has 2 aromatic heterocycles. The van der Waals surface area contributed by atoms with Crippen LogP contribution in [0.4, 0.5) is 5.95 Å². The van der Waals surface area contributed by atoms with Crippen molar-refractivity contribution in [3.05, 3.63) is 30.0 Å². The Morgan fingerprint density at radius 1 is 1.22 bits per heavy atom. The van der Waals surface area contributed by atoms with E-state index in [4.69, 9.17) is 4.74 Å². The number of rotatable bonds is 3. The van der Waals surface area contributed by atoms with E-state index >= 15 is 0 Å². The van der Waals surface area contributed by atoms with Crippen molar-refractivity contribution in [3.63, 3.8) is 0 Å². The van der Waals surface area contributed by atoms with Crippen LogP contribution in [0.5, 0.6) is 5.88 Å². The molecule has 0 radical (unpaired) electrons. The fourth-order valence-electron chi connectivity index (χ4n) is 3.33. The number of carbonyl (C=O) groups excluding carboxylic acids is 1. The van der Waals surface area contributed by atoms with Crippen molar-refractivity contribution in [2.75, 3.05) is 44.7 Å². The molecule has 4 rings (SSSR count). The Morgan fingerprint density at radius 3 is 2.74 bits per heavy atom. The van der Waals surface area contributed by atoms with Gasteiger partial charge in [-0.15, -0.1) is 24.8 Å². The van der Waals surface area contributed by atoms with Gasteiger partial charge < -0.3 is 24.8 Å². The molecule has 0 aromatic carbocycles. The molecule has 1 atom stereocenters. The number of amides is 1. The van der Waals surface area contributed by atoms with Gasteiger partial charge in [0.05, 0.1) is 19.1 Å². The van der Waals surface area contributed by atoms with Crippen LogP contribution in [-0.4, -0.2) is 70.6 Å². The summed E-state index contributed by atoms with van der Waals surface area (Å²) in [6, 6.07) is 1.37. The van der Waals surface area contributed by atoms with Gasteiger partial charge in [-0.2, -0.15) is 4.98 Å². The van der Waals surface area contributed by atoms with Crippen LogP contribution >= 0.6 is 24.8 Å². The topological polar surface area (TPSA) is 99.3 Å². The van der Waals surface area contributed by atoms with Crippen molar-refractivity contribution in [2.24, 2.45) is 0 Å². The molecule has 0 saturated carbocycles. The highest BCUT2D eigenvalue weighted by Gasteiger charge is 2.33. The zero-order valence-electron chi connectivity index (χ0n) is 14.9. The number of imidazole rings is 1. The number of carbonyl (C=O) groups is 1. The summed E-state index contributed by atoms with van der Waals surface area (Å²) in [7, 11) is 1.59. The van der Waals surface area contributed by atoms with Crippen molar-refractivity contribution in [2.45, 2.75) is 12.5 Å².